The highest BCUT2D eigenvalue weighted by Crippen LogP contribution is 2.18. The van der Waals surface area contributed by atoms with Gasteiger partial charge in [0.15, 0.2) is 0 Å². The van der Waals surface area contributed by atoms with Gasteiger partial charge >= 0.3 is 5.63 Å². The van der Waals surface area contributed by atoms with Crippen molar-refractivity contribution in [1.82, 2.24) is 9.88 Å². The summed E-state index contributed by atoms with van der Waals surface area (Å²) in [6.45, 7) is 1.47. The molecule has 6 heteroatoms. The average Bonchev–Trinajstić information content (AvgIpc) is 2.72. The van der Waals surface area contributed by atoms with Crippen LogP contribution in [0.25, 0.3) is 11.0 Å². The van der Waals surface area contributed by atoms with Gasteiger partial charge in [0.2, 0.25) is 0 Å². The number of hydrogen-bond donors (Lipinski definition) is 0. The summed E-state index contributed by atoms with van der Waals surface area (Å²) in [6, 6.07) is 14.5. The van der Waals surface area contributed by atoms with Gasteiger partial charge in [0.1, 0.15) is 11.1 Å². The van der Waals surface area contributed by atoms with Crippen LogP contribution in [0.15, 0.2) is 63.9 Å². The Kier molecular flexibility index (Phi) is 4.98. The summed E-state index contributed by atoms with van der Waals surface area (Å²) < 4.78 is 11.2. The molecule has 1 unspecified atom stereocenters. The zero-order chi connectivity index (χ0) is 18.6. The summed E-state index contributed by atoms with van der Waals surface area (Å²) in [5.74, 6) is -0.305. The quantitative estimate of drug-likeness (QED) is 0.666. The van der Waals surface area contributed by atoms with E-state index in [0.717, 1.165) is 23.9 Å². The number of nitrogens with zero attached hydrogens (tertiary/aromatic N) is 2. The van der Waals surface area contributed by atoms with E-state index in [0.29, 0.717) is 25.3 Å². The van der Waals surface area contributed by atoms with Gasteiger partial charge in [-0.3, -0.25) is 9.78 Å². The van der Waals surface area contributed by atoms with Crippen LogP contribution in [0.4, 0.5) is 0 Å². The van der Waals surface area contributed by atoms with E-state index < -0.39 is 5.63 Å². The molecule has 1 aliphatic rings. The molecule has 1 aliphatic heterocycles. The Hall–Kier alpha value is -2.99. The predicted octanol–water partition coefficient (Wildman–Crippen LogP) is 3.01. The number of piperidine rings is 1. The number of ether oxygens (including phenoxy) is 1. The highest BCUT2D eigenvalue weighted by Gasteiger charge is 2.27. The van der Waals surface area contributed by atoms with Gasteiger partial charge in [0.25, 0.3) is 5.91 Å². The number of pyridine rings is 1. The van der Waals surface area contributed by atoms with E-state index in [1.807, 2.05) is 30.3 Å². The molecule has 27 heavy (non-hydrogen) atoms. The molecular formula is C21H20N2O4. The minimum absolute atomic E-state index is 0.0686. The van der Waals surface area contributed by atoms with Crippen LogP contribution in [-0.2, 0) is 11.3 Å². The van der Waals surface area contributed by atoms with Gasteiger partial charge in [0.05, 0.1) is 18.4 Å². The summed E-state index contributed by atoms with van der Waals surface area (Å²) >= 11 is 0. The van der Waals surface area contributed by atoms with E-state index in [1.165, 1.54) is 0 Å². The summed E-state index contributed by atoms with van der Waals surface area (Å²) in [7, 11) is 0. The number of rotatable bonds is 4. The third kappa shape index (κ3) is 3.90. The third-order valence-electron chi connectivity index (χ3n) is 4.73. The number of fused-ring (bicyclic) bond motifs is 1. The van der Waals surface area contributed by atoms with Gasteiger partial charge in [0, 0.05) is 24.7 Å². The van der Waals surface area contributed by atoms with Crippen molar-refractivity contribution >= 4 is 16.9 Å². The first-order chi connectivity index (χ1) is 13.2. The zero-order valence-corrected chi connectivity index (χ0v) is 14.8. The molecule has 2 aromatic heterocycles. The Morgan fingerprint density at radius 3 is 2.93 bits per heavy atom. The standard InChI is InChI=1S/C21H20N2O4/c24-20(18-12-15-6-1-2-9-19(15)27-21(18)25)23-11-5-8-17(13-23)26-14-16-7-3-4-10-22-16/h1-4,6-7,9-10,12,17H,5,8,11,13-14H2. The number of hydrogen-bond acceptors (Lipinski definition) is 5. The van der Waals surface area contributed by atoms with E-state index >= 15 is 0 Å². The normalized spacial score (nSPS) is 17.2. The maximum absolute atomic E-state index is 12.9. The average molecular weight is 364 g/mol. The molecule has 0 radical (unpaired) electrons. The SMILES string of the molecule is O=C(c1cc2ccccc2oc1=O)N1CCCC(OCc2ccccn2)C1. The largest absolute Gasteiger partial charge is 0.422 e. The van der Waals surface area contributed by atoms with E-state index in [4.69, 9.17) is 9.15 Å². The number of carbonyl (C=O) groups excluding carboxylic acids is 1. The van der Waals surface area contributed by atoms with Crippen LogP contribution < -0.4 is 5.63 Å². The fourth-order valence-electron chi connectivity index (χ4n) is 3.33. The molecule has 0 aliphatic carbocycles. The lowest BCUT2D eigenvalue weighted by Crippen LogP contribution is -2.44. The molecule has 138 valence electrons. The lowest BCUT2D eigenvalue weighted by molar-refractivity contribution is -0.00795. The molecule has 3 aromatic rings. The number of amides is 1. The smallest absolute Gasteiger partial charge is 0.349 e. The molecule has 0 spiro atoms. The van der Waals surface area contributed by atoms with Crippen molar-refractivity contribution in [3.8, 4) is 0 Å². The van der Waals surface area contributed by atoms with Crippen LogP contribution in [0.1, 0.15) is 28.9 Å². The van der Waals surface area contributed by atoms with Crippen molar-refractivity contribution in [3.63, 3.8) is 0 Å². The second-order valence-corrected chi connectivity index (χ2v) is 6.63. The van der Waals surface area contributed by atoms with Crippen molar-refractivity contribution < 1.29 is 13.9 Å². The minimum atomic E-state index is -0.602. The van der Waals surface area contributed by atoms with Crippen LogP contribution in [0.2, 0.25) is 0 Å². The highest BCUT2D eigenvalue weighted by molar-refractivity contribution is 5.96. The molecule has 0 saturated carbocycles. The topological polar surface area (TPSA) is 72.6 Å². The first kappa shape index (κ1) is 17.4. The van der Waals surface area contributed by atoms with Crippen LogP contribution in [-0.4, -0.2) is 35.0 Å². The molecule has 1 fully saturated rings. The highest BCUT2D eigenvalue weighted by atomic mass is 16.5. The molecule has 1 saturated heterocycles. The maximum atomic E-state index is 12.9. The van der Waals surface area contributed by atoms with E-state index in [9.17, 15) is 9.59 Å². The fraction of sp³-hybridized carbons (Fsp3) is 0.286. The second-order valence-electron chi connectivity index (χ2n) is 6.63. The van der Waals surface area contributed by atoms with Crippen LogP contribution in [0.5, 0.6) is 0 Å². The van der Waals surface area contributed by atoms with Crippen LogP contribution in [0, 0.1) is 0 Å². The van der Waals surface area contributed by atoms with Crippen molar-refractivity contribution in [1.29, 1.82) is 0 Å². The Balaban J connectivity index is 1.47. The molecule has 1 aromatic carbocycles. The van der Waals surface area contributed by atoms with Crippen LogP contribution in [0.3, 0.4) is 0 Å². The number of aromatic nitrogens is 1. The number of likely N-dealkylation sites (tertiary alicyclic amines) is 1. The molecule has 0 bridgehead atoms. The summed E-state index contributed by atoms with van der Waals surface area (Å²) in [4.78, 5) is 31.1. The van der Waals surface area contributed by atoms with Crippen molar-refractivity contribution in [3.05, 3.63) is 76.4 Å². The van der Waals surface area contributed by atoms with Gasteiger partial charge < -0.3 is 14.1 Å². The Morgan fingerprint density at radius 1 is 1.22 bits per heavy atom. The van der Waals surface area contributed by atoms with Gasteiger partial charge in [-0.15, -0.1) is 0 Å². The molecule has 6 nitrogen and oxygen atoms in total. The fourth-order valence-corrected chi connectivity index (χ4v) is 3.33. The first-order valence-corrected chi connectivity index (χ1v) is 9.04. The monoisotopic (exact) mass is 364 g/mol. The van der Waals surface area contributed by atoms with Gasteiger partial charge in [-0.25, -0.2) is 4.79 Å². The van der Waals surface area contributed by atoms with Gasteiger partial charge in [-0.05, 0) is 37.1 Å². The van der Waals surface area contributed by atoms with E-state index in [-0.39, 0.29) is 17.6 Å². The lowest BCUT2D eigenvalue weighted by atomic mass is 10.1. The summed E-state index contributed by atoms with van der Waals surface area (Å²) in [6.07, 6.45) is 3.37. The number of para-hydroxylation sites is 1. The van der Waals surface area contributed by atoms with Crippen LogP contribution >= 0.6 is 0 Å². The molecular weight excluding hydrogens is 344 g/mol. The lowest BCUT2D eigenvalue weighted by Gasteiger charge is -2.32. The van der Waals surface area contributed by atoms with Gasteiger partial charge in [-0.1, -0.05) is 24.3 Å². The molecule has 1 amide bonds. The minimum Gasteiger partial charge on any atom is -0.422 e. The predicted molar refractivity (Wildman–Crippen MR) is 100 cm³/mol. The summed E-state index contributed by atoms with van der Waals surface area (Å²) in [5, 5.41) is 0.736. The Morgan fingerprint density at radius 2 is 2.07 bits per heavy atom. The summed E-state index contributed by atoms with van der Waals surface area (Å²) in [5.41, 5.74) is 0.805. The number of benzene rings is 1. The van der Waals surface area contributed by atoms with Crippen molar-refractivity contribution in [2.24, 2.45) is 0 Å². The first-order valence-electron chi connectivity index (χ1n) is 9.04. The second kappa shape index (κ2) is 7.72. The van der Waals surface area contributed by atoms with E-state index in [1.54, 1.807) is 29.3 Å². The molecule has 1 atom stereocenters. The Labute approximate surface area is 156 Å². The molecule has 3 heterocycles. The number of carbonyl (C=O) groups is 1. The van der Waals surface area contributed by atoms with Crippen molar-refractivity contribution in [2.75, 3.05) is 13.1 Å². The van der Waals surface area contributed by atoms with Gasteiger partial charge in [-0.2, -0.15) is 0 Å². The molecule has 4 rings (SSSR count). The maximum Gasteiger partial charge on any atom is 0.349 e. The molecule has 0 N–H and O–H groups in total. The van der Waals surface area contributed by atoms with Crippen molar-refractivity contribution in [2.45, 2.75) is 25.6 Å². The third-order valence-corrected chi connectivity index (χ3v) is 4.73. The van der Waals surface area contributed by atoms with E-state index in [2.05, 4.69) is 4.98 Å². The Bertz CT molecular complexity index is 1000. The zero-order valence-electron chi connectivity index (χ0n) is 14.8.